The lowest BCUT2D eigenvalue weighted by atomic mass is 10.4. The number of hydrogen-bond donors (Lipinski definition) is 0. The van der Waals surface area contributed by atoms with Crippen LogP contribution >= 0.6 is 11.8 Å². The molecule has 0 atom stereocenters. The maximum Gasteiger partial charge on any atom is 0.102 e. The van der Waals surface area contributed by atoms with E-state index in [1.165, 1.54) is 0 Å². The third-order valence-corrected chi connectivity index (χ3v) is 2.36. The molecule has 1 heterocycles. The zero-order chi connectivity index (χ0) is 7.61. The number of thioether (sulfide) groups is 1. The lowest BCUT2D eigenvalue weighted by Crippen LogP contribution is -2.10. The molecule has 0 saturated carbocycles. The van der Waals surface area contributed by atoms with Crippen LogP contribution in [-0.2, 0) is 0 Å². The number of nitrogens with zero attached hydrogens (tertiary/aromatic N) is 2. The molecule has 0 unspecified atom stereocenters. The van der Waals surface area contributed by atoms with Crippen LogP contribution in [0.1, 0.15) is 20.8 Å². The van der Waals surface area contributed by atoms with Crippen molar-refractivity contribution in [3.8, 4) is 0 Å². The summed E-state index contributed by atoms with van der Waals surface area (Å²) in [6.45, 7) is 6.18. The Kier molecular flexibility index (Phi) is 2.14. The Bertz CT molecular complexity index is 182. The second-order valence-corrected chi connectivity index (χ2v) is 4.32. The molecular weight excluding hydrogens is 144 g/mol. The van der Waals surface area contributed by atoms with Crippen LogP contribution in [0, 0.1) is 0 Å². The molecule has 3 heteroatoms. The van der Waals surface area contributed by atoms with E-state index in [9.17, 15) is 0 Å². The molecule has 0 N–H and O–H groups in total. The van der Waals surface area contributed by atoms with Crippen molar-refractivity contribution in [1.29, 1.82) is 0 Å². The van der Waals surface area contributed by atoms with Gasteiger partial charge in [0.2, 0.25) is 0 Å². The van der Waals surface area contributed by atoms with Gasteiger partial charge in [-0.3, -0.25) is 9.98 Å². The van der Waals surface area contributed by atoms with Gasteiger partial charge in [0, 0.05) is 6.21 Å². The first-order valence-electron chi connectivity index (χ1n) is 3.30. The van der Waals surface area contributed by atoms with Gasteiger partial charge in [0.1, 0.15) is 4.87 Å². The molecule has 56 valence electrons. The van der Waals surface area contributed by atoms with Crippen LogP contribution in [0.5, 0.6) is 0 Å². The Labute approximate surface area is 65.8 Å². The average molecular weight is 156 g/mol. The molecule has 1 aliphatic heterocycles. The van der Waals surface area contributed by atoms with Crippen molar-refractivity contribution in [1.82, 2.24) is 0 Å². The van der Waals surface area contributed by atoms with Gasteiger partial charge in [0.05, 0.1) is 11.6 Å². The number of rotatable bonds is 0. The minimum Gasteiger partial charge on any atom is -0.278 e. The van der Waals surface area contributed by atoms with E-state index in [-0.39, 0.29) is 4.87 Å². The fourth-order valence-electron chi connectivity index (χ4n) is 0.619. The maximum atomic E-state index is 4.34. The highest BCUT2D eigenvalue weighted by molar-refractivity contribution is 8.00. The molecule has 10 heavy (non-hydrogen) atoms. The van der Waals surface area contributed by atoms with E-state index in [4.69, 9.17) is 0 Å². The molecule has 0 aliphatic carbocycles. The van der Waals surface area contributed by atoms with E-state index in [1.807, 2.05) is 13.1 Å². The summed E-state index contributed by atoms with van der Waals surface area (Å²) in [5, 5.41) is 0. The first-order chi connectivity index (χ1) is 4.60. The second kappa shape index (κ2) is 2.74. The second-order valence-electron chi connectivity index (χ2n) is 2.78. The zero-order valence-electron chi connectivity index (χ0n) is 6.59. The predicted molar refractivity (Wildman–Crippen MR) is 48.1 cm³/mol. The molecule has 0 amide bonds. The van der Waals surface area contributed by atoms with Gasteiger partial charge in [-0.15, -0.1) is 11.8 Å². The Balaban J connectivity index is 2.71. The Morgan fingerprint density at radius 3 is 3.00 bits per heavy atom. The van der Waals surface area contributed by atoms with Crippen molar-refractivity contribution in [2.24, 2.45) is 9.98 Å². The van der Waals surface area contributed by atoms with Gasteiger partial charge >= 0.3 is 0 Å². The minimum absolute atomic E-state index is 0.0151. The van der Waals surface area contributed by atoms with Gasteiger partial charge in [-0.05, 0) is 20.8 Å². The van der Waals surface area contributed by atoms with Gasteiger partial charge in [0.15, 0.2) is 0 Å². The smallest absolute Gasteiger partial charge is 0.102 e. The van der Waals surface area contributed by atoms with Gasteiger partial charge in [-0.1, -0.05) is 0 Å². The van der Waals surface area contributed by atoms with E-state index in [0.717, 1.165) is 11.6 Å². The summed E-state index contributed by atoms with van der Waals surface area (Å²) in [7, 11) is 0. The van der Waals surface area contributed by atoms with Crippen LogP contribution in [0.15, 0.2) is 9.98 Å². The number of hydrogen-bond acceptors (Lipinski definition) is 3. The van der Waals surface area contributed by atoms with Crippen LogP contribution in [0.2, 0.25) is 0 Å². The monoisotopic (exact) mass is 156 g/mol. The van der Waals surface area contributed by atoms with Gasteiger partial charge in [0.25, 0.3) is 0 Å². The third-order valence-electron chi connectivity index (χ3n) is 1.29. The van der Waals surface area contributed by atoms with Crippen molar-refractivity contribution < 1.29 is 0 Å². The quantitative estimate of drug-likeness (QED) is 0.526. The van der Waals surface area contributed by atoms with Crippen molar-refractivity contribution in [2.75, 3.05) is 5.88 Å². The highest BCUT2D eigenvalue weighted by Crippen LogP contribution is 2.26. The Morgan fingerprint density at radius 2 is 2.30 bits per heavy atom. The maximum absolute atomic E-state index is 4.34. The molecule has 1 rings (SSSR count). The van der Waals surface area contributed by atoms with Crippen molar-refractivity contribution >= 4 is 23.7 Å². The van der Waals surface area contributed by atoms with Crippen molar-refractivity contribution in [3.63, 3.8) is 0 Å². The van der Waals surface area contributed by atoms with E-state index in [0.29, 0.717) is 0 Å². The summed E-state index contributed by atoms with van der Waals surface area (Å²) in [5.41, 5.74) is 1.03. The van der Waals surface area contributed by atoms with Crippen LogP contribution in [0.3, 0.4) is 0 Å². The first-order valence-corrected chi connectivity index (χ1v) is 4.29. The molecule has 1 aliphatic rings. The van der Waals surface area contributed by atoms with Crippen LogP contribution in [0.25, 0.3) is 0 Å². The summed E-state index contributed by atoms with van der Waals surface area (Å²) >= 11 is 1.76. The Hall–Kier alpha value is -0.310. The van der Waals surface area contributed by atoms with Gasteiger partial charge in [-0.2, -0.15) is 0 Å². The van der Waals surface area contributed by atoms with Crippen LogP contribution in [-0.4, -0.2) is 22.7 Å². The predicted octanol–water partition coefficient (Wildman–Crippen LogP) is 1.96. The van der Waals surface area contributed by atoms with Crippen LogP contribution in [0.4, 0.5) is 0 Å². The SMILES string of the molecule is CC1=NCSC(C)(C)N=C1. The Morgan fingerprint density at radius 1 is 1.60 bits per heavy atom. The zero-order valence-corrected chi connectivity index (χ0v) is 7.40. The molecule has 0 bridgehead atoms. The molecule has 0 aromatic carbocycles. The molecule has 0 aromatic rings. The third kappa shape index (κ3) is 2.14. The van der Waals surface area contributed by atoms with E-state index >= 15 is 0 Å². The molecule has 0 radical (unpaired) electrons. The standard InChI is InChI=1S/C7H12N2S/c1-6-4-9-7(2,3)10-5-8-6/h4H,5H2,1-3H3. The van der Waals surface area contributed by atoms with Gasteiger partial charge < -0.3 is 0 Å². The molecule has 0 fully saturated rings. The molecule has 0 spiro atoms. The van der Waals surface area contributed by atoms with Crippen molar-refractivity contribution in [3.05, 3.63) is 0 Å². The summed E-state index contributed by atoms with van der Waals surface area (Å²) in [6.07, 6.45) is 1.85. The average Bonchev–Trinajstić information content (AvgIpc) is 1.94. The lowest BCUT2D eigenvalue weighted by molar-refractivity contribution is 0.768. The van der Waals surface area contributed by atoms with E-state index in [1.54, 1.807) is 11.8 Å². The van der Waals surface area contributed by atoms with Crippen molar-refractivity contribution in [2.45, 2.75) is 25.6 Å². The van der Waals surface area contributed by atoms with Gasteiger partial charge in [-0.25, -0.2) is 0 Å². The fraction of sp³-hybridized carbons (Fsp3) is 0.714. The number of aliphatic imine (C=N–C) groups is 2. The van der Waals surface area contributed by atoms with Crippen LogP contribution < -0.4 is 0 Å². The summed E-state index contributed by atoms with van der Waals surface area (Å²) < 4.78 is 0. The highest BCUT2D eigenvalue weighted by Gasteiger charge is 2.16. The molecular formula is C7H12N2S. The topological polar surface area (TPSA) is 24.7 Å². The van der Waals surface area contributed by atoms with E-state index in [2.05, 4.69) is 23.8 Å². The highest BCUT2D eigenvalue weighted by atomic mass is 32.2. The first kappa shape index (κ1) is 7.79. The summed E-state index contributed by atoms with van der Waals surface area (Å²) in [5.74, 6) is 0.832. The lowest BCUT2D eigenvalue weighted by Gasteiger charge is -2.14. The summed E-state index contributed by atoms with van der Waals surface area (Å²) in [4.78, 5) is 8.61. The minimum atomic E-state index is 0.0151. The molecule has 0 saturated heterocycles. The summed E-state index contributed by atoms with van der Waals surface area (Å²) in [6, 6.07) is 0. The van der Waals surface area contributed by atoms with E-state index < -0.39 is 0 Å². The fourth-order valence-corrected chi connectivity index (χ4v) is 1.33. The molecule has 2 nitrogen and oxygen atoms in total. The normalized spacial score (nSPS) is 23.7. The molecule has 0 aromatic heterocycles. The largest absolute Gasteiger partial charge is 0.278 e.